The van der Waals surface area contributed by atoms with E-state index in [2.05, 4.69) is 10.3 Å². The van der Waals surface area contributed by atoms with Crippen molar-refractivity contribution in [3.63, 3.8) is 0 Å². The number of rotatable bonds is 5. The molecule has 0 bridgehead atoms. The number of carboxylic acid groups (broad SMARTS) is 1. The summed E-state index contributed by atoms with van der Waals surface area (Å²) in [6.07, 6.45) is 3.19. The molecule has 0 radical (unpaired) electrons. The largest absolute Gasteiger partial charge is 0.478 e. The van der Waals surface area contributed by atoms with Crippen LogP contribution in [0.15, 0.2) is 67.0 Å². The quantitative estimate of drug-likeness (QED) is 0.580. The van der Waals surface area contributed by atoms with Crippen LogP contribution in [0.25, 0.3) is 0 Å². The molecule has 3 rings (SSSR count). The van der Waals surface area contributed by atoms with Crippen LogP contribution in [0.5, 0.6) is 0 Å². The van der Waals surface area contributed by atoms with Crippen LogP contribution >= 0.6 is 11.6 Å². The zero-order chi connectivity index (χ0) is 19.4. The topological polar surface area (TPSA) is 103 Å². The van der Waals surface area contributed by atoms with Gasteiger partial charge in [-0.1, -0.05) is 23.7 Å². The summed E-state index contributed by atoms with van der Waals surface area (Å²) < 4.78 is 0. The number of halogens is 1. The smallest absolute Gasteiger partial charge is 0.337 e. The highest BCUT2D eigenvalue weighted by atomic mass is 35.5. The van der Waals surface area contributed by atoms with Crippen molar-refractivity contribution in [3.05, 3.63) is 94.3 Å². The van der Waals surface area contributed by atoms with Gasteiger partial charge < -0.3 is 10.4 Å². The molecule has 1 amide bonds. The van der Waals surface area contributed by atoms with E-state index in [1.54, 1.807) is 48.8 Å². The summed E-state index contributed by atoms with van der Waals surface area (Å²) in [6, 6.07) is 14.2. The third-order valence-corrected chi connectivity index (χ3v) is 4.06. The molecule has 0 atom stereocenters. The van der Waals surface area contributed by atoms with Gasteiger partial charge in [0.15, 0.2) is 0 Å². The predicted octanol–water partition coefficient (Wildman–Crippen LogP) is 4.10. The monoisotopic (exact) mass is 379 g/mol. The lowest BCUT2D eigenvalue weighted by Gasteiger charge is -2.10. The van der Waals surface area contributed by atoms with Gasteiger partial charge in [0.1, 0.15) is 0 Å². The molecule has 134 valence electrons. The number of aromatic carboxylic acids is 1. The molecule has 1 heterocycles. The second-order valence-corrected chi connectivity index (χ2v) is 6.08. The van der Waals surface area contributed by atoms with Crippen molar-refractivity contribution in [1.82, 2.24) is 4.98 Å². The van der Waals surface area contributed by atoms with Crippen LogP contribution in [0.1, 0.15) is 31.8 Å². The maximum Gasteiger partial charge on any atom is 0.337 e. The Labute approximate surface area is 160 Å². The zero-order valence-electron chi connectivity index (χ0n) is 13.9. The highest BCUT2D eigenvalue weighted by Gasteiger charge is 2.15. The number of carboxylic acids is 1. The highest BCUT2D eigenvalue weighted by Crippen LogP contribution is 2.22. The van der Waals surface area contributed by atoms with Gasteiger partial charge in [-0.25, -0.2) is 4.79 Å². The van der Waals surface area contributed by atoms with Gasteiger partial charge in [-0.15, -0.1) is 0 Å². The van der Waals surface area contributed by atoms with Crippen molar-refractivity contribution >= 4 is 34.9 Å². The summed E-state index contributed by atoms with van der Waals surface area (Å²) in [4.78, 5) is 27.9. The second-order valence-electron chi connectivity index (χ2n) is 5.65. The number of amides is 1. The van der Waals surface area contributed by atoms with Crippen molar-refractivity contribution < 1.29 is 14.7 Å². The Hall–Kier alpha value is -3.51. The SMILES string of the molecule is N=C(c1cccnc1)c1cccc(C(=O)Nc2ccc(Cl)cc2C(=O)O)c1. The fourth-order valence-corrected chi connectivity index (χ4v) is 2.66. The molecule has 0 aliphatic rings. The summed E-state index contributed by atoms with van der Waals surface area (Å²) >= 11 is 5.82. The van der Waals surface area contributed by atoms with Gasteiger partial charge in [0.25, 0.3) is 5.91 Å². The van der Waals surface area contributed by atoms with E-state index in [1.807, 2.05) is 0 Å². The van der Waals surface area contributed by atoms with Crippen molar-refractivity contribution in [1.29, 1.82) is 5.41 Å². The van der Waals surface area contributed by atoms with Crippen LogP contribution < -0.4 is 5.32 Å². The third-order valence-electron chi connectivity index (χ3n) is 3.82. The Kier molecular flexibility index (Phi) is 5.28. The minimum Gasteiger partial charge on any atom is -0.478 e. The van der Waals surface area contributed by atoms with Gasteiger partial charge in [-0.05, 0) is 42.5 Å². The van der Waals surface area contributed by atoms with E-state index in [0.29, 0.717) is 16.7 Å². The molecule has 0 unspecified atom stereocenters. The lowest BCUT2D eigenvalue weighted by Crippen LogP contribution is -2.15. The molecule has 2 aromatic carbocycles. The number of anilines is 1. The van der Waals surface area contributed by atoms with Crippen LogP contribution in [0.4, 0.5) is 5.69 Å². The van der Waals surface area contributed by atoms with Gasteiger partial charge in [0, 0.05) is 34.1 Å². The summed E-state index contributed by atoms with van der Waals surface area (Å²) in [7, 11) is 0. The third kappa shape index (κ3) is 4.19. The Balaban J connectivity index is 1.87. The molecule has 3 aromatic rings. The molecule has 0 aliphatic carbocycles. The molecule has 0 saturated heterocycles. The van der Waals surface area contributed by atoms with Crippen molar-refractivity contribution in [2.75, 3.05) is 5.32 Å². The number of carbonyl (C=O) groups excluding carboxylic acids is 1. The summed E-state index contributed by atoms with van der Waals surface area (Å²) in [5.74, 6) is -1.68. The Morgan fingerprint density at radius 1 is 1.00 bits per heavy atom. The van der Waals surface area contributed by atoms with E-state index >= 15 is 0 Å². The first-order chi connectivity index (χ1) is 13.0. The number of hydrogen-bond acceptors (Lipinski definition) is 4. The number of aromatic nitrogens is 1. The minimum absolute atomic E-state index is 0.102. The Bertz CT molecular complexity index is 1040. The first-order valence-corrected chi connectivity index (χ1v) is 8.27. The molecule has 3 N–H and O–H groups in total. The summed E-state index contributed by atoms with van der Waals surface area (Å²) in [6.45, 7) is 0. The van der Waals surface area contributed by atoms with E-state index in [1.165, 1.54) is 18.2 Å². The number of hydrogen-bond donors (Lipinski definition) is 3. The van der Waals surface area contributed by atoms with Gasteiger partial charge in [0.05, 0.1) is 17.0 Å². The Morgan fingerprint density at radius 3 is 2.44 bits per heavy atom. The van der Waals surface area contributed by atoms with Crippen LogP contribution in [-0.4, -0.2) is 27.7 Å². The number of nitrogens with one attached hydrogen (secondary N) is 2. The standard InChI is InChI=1S/C20H14ClN3O3/c21-15-6-7-17(16(10-15)20(26)27)24-19(25)13-4-1-3-12(9-13)18(22)14-5-2-8-23-11-14/h1-11,22H,(H,24,25)(H,26,27). The molecule has 6 nitrogen and oxygen atoms in total. The predicted molar refractivity (Wildman–Crippen MR) is 103 cm³/mol. The van der Waals surface area contributed by atoms with E-state index in [0.717, 1.165) is 0 Å². The lowest BCUT2D eigenvalue weighted by molar-refractivity contribution is 0.0698. The number of benzene rings is 2. The van der Waals surface area contributed by atoms with Crippen LogP contribution in [0.3, 0.4) is 0 Å². The molecule has 7 heteroatoms. The van der Waals surface area contributed by atoms with E-state index in [4.69, 9.17) is 17.0 Å². The maximum absolute atomic E-state index is 12.6. The average molecular weight is 380 g/mol. The second kappa shape index (κ2) is 7.80. The molecular formula is C20H14ClN3O3. The van der Waals surface area contributed by atoms with Crippen LogP contribution in [0.2, 0.25) is 5.02 Å². The van der Waals surface area contributed by atoms with Crippen LogP contribution in [0, 0.1) is 5.41 Å². The number of nitrogens with zero attached hydrogens (tertiary/aromatic N) is 1. The molecule has 1 aromatic heterocycles. The number of pyridine rings is 1. The van der Waals surface area contributed by atoms with Crippen molar-refractivity contribution in [2.45, 2.75) is 0 Å². The van der Waals surface area contributed by atoms with Crippen molar-refractivity contribution in [2.24, 2.45) is 0 Å². The van der Waals surface area contributed by atoms with Crippen molar-refractivity contribution in [3.8, 4) is 0 Å². The minimum atomic E-state index is -1.19. The molecular weight excluding hydrogens is 366 g/mol. The molecule has 0 aliphatic heterocycles. The van der Waals surface area contributed by atoms with E-state index in [9.17, 15) is 14.7 Å². The molecule has 0 saturated carbocycles. The van der Waals surface area contributed by atoms with Crippen LogP contribution in [-0.2, 0) is 0 Å². The summed E-state index contributed by atoms with van der Waals surface area (Å²) in [5, 5.41) is 20.4. The van der Waals surface area contributed by atoms with Gasteiger partial charge in [-0.3, -0.25) is 15.2 Å². The maximum atomic E-state index is 12.6. The zero-order valence-corrected chi connectivity index (χ0v) is 14.7. The first kappa shape index (κ1) is 18.3. The normalized spacial score (nSPS) is 10.3. The lowest BCUT2D eigenvalue weighted by atomic mass is 10.0. The van der Waals surface area contributed by atoms with E-state index in [-0.39, 0.29) is 22.0 Å². The highest BCUT2D eigenvalue weighted by molar-refractivity contribution is 6.31. The number of carbonyl (C=O) groups is 2. The first-order valence-electron chi connectivity index (χ1n) is 7.89. The average Bonchev–Trinajstić information content (AvgIpc) is 2.69. The molecule has 0 spiro atoms. The van der Waals surface area contributed by atoms with Gasteiger partial charge in [0.2, 0.25) is 0 Å². The fourth-order valence-electron chi connectivity index (χ4n) is 2.49. The molecule has 0 fully saturated rings. The van der Waals surface area contributed by atoms with Gasteiger partial charge >= 0.3 is 5.97 Å². The van der Waals surface area contributed by atoms with Gasteiger partial charge in [-0.2, -0.15) is 0 Å². The Morgan fingerprint density at radius 2 is 1.74 bits per heavy atom. The molecule has 27 heavy (non-hydrogen) atoms. The summed E-state index contributed by atoms with van der Waals surface area (Å²) in [5.41, 5.74) is 1.74. The van der Waals surface area contributed by atoms with E-state index < -0.39 is 11.9 Å². The fraction of sp³-hybridized carbons (Fsp3) is 0.